The highest BCUT2D eigenvalue weighted by Crippen LogP contribution is 2.15. The highest BCUT2D eigenvalue weighted by atomic mass is 16.4. The number of carbonyl (C=O) groups is 1. The fraction of sp³-hybridized carbons (Fsp3) is 0.667. The van der Waals surface area contributed by atoms with Crippen LogP contribution >= 0.6 is 0 Å². The Morgan fingerprint density at radius 1 is 1.67 bits per heavy atom. The molecule has 0 radical (unpaired) electrons. The molecule has 0 amide bonds. The topological polar surface area (TPSA) is 49.3 Å². The Balaban J connectivity index is 2.20. The molecule has 1 heterocycles. The fourth-order valence-corrected chi connectivity index (χ4v) is 1.57. The molecular weight excluding hydrogens is 154 g/mol. The van der Waals surface area contributed by atoms with Crippen molar-refractivity contribution in [2.75, 3.05) is 6.54 Å². The average molecular weight is 169 g/mol. The molecule has 0 aromatic heterocycles. The zero-order valence-electron chi connectivity index (χ0n) is 7.18. The minimum Gasteiger partial charge on any atom is -0.481 e. The van der Waals surface area contributed by atoms with E-state index < -0.39 is 5.97 Å². The van der Waals surface area contributed by atoms with E-state index in [1.165, 1.54) is 6.42 Å². The molecule has 1 unspecified atom stereocenters. The highest BCUT2D eigenvalue weighted by molar-refractivity contribution is 5.69. The van der Waals surface area contributed by atoms with E-state index in [9.17, 15) is 4.79 Å². The van der Waals surface area contributed by atoms with Crippen molar-refractivity contribution in [1.29, 1.82) is 0 Å². The molecule has 1 aliphatic heterocycles. The summed E-state index contributed by atoms with van der Waals surface area (Å²) in [7, 11) is 0. The second-order valence-electron chi connectivity index (χ2n) is 3.32. The first kappa shape index (κ1) is 9.26. The van der Waals surface area contributed by atoms with Gasteiger partial charge in [0.05, 0.1) is 6.42 Å². The van der Waals surface area contributed by atoms with E-state index in [2.05, 4.69) is 11.9 Å². The van der Waals surface area contributed by atoms with Crippen molar-refractivity contribution in [3.8, 4) is 0 Å². The maximum absolute atomic E-state index is 10.3. The maximum atomic E-state index is 10.3. The lowest BCUT2D eigenvalue weighted by Crippen LogP contribution is -2.21. The number of hydrogen-bond acceptors (Lipinski definition) is 2. The van der Waals surface area contributed by atoms with Crippen molar-refractivity contribution in [2.24, 2.45) is 0 Å². The molecular formula is C9H15NO2. The molecule has 1 aliphatic rings. The van der Waals surface area contributed by atoms with E-state index in [-0.39, 0.29) is 6.42 Å². The molecule has 1 atom stereocenters. The fourth-order valence-electron chi connectivity index (χ4n) is 1.57. The summed E-state index contributed by atoms with van der Waals surface area (Å²) in [6, 6.07) is 0.469. The normalized spacial score (nSPS) is 22.5. The van der Waals surface area contributed by atoms with E-state index in [4.69, 9.17) is 5.11 Å². The van der Waals surface area contributed by atoms with Gasteiger partial charge in [0.25, 0.3) is 0 Å². The van der Waals surface area contributed by atoms with Gasteiger partial charge in [0.2, 0.25) is 0 Å². The Hall–Kier alpha value is -0.830. The summed E-state index contributed by atoms with van der Waals surface area (Å²) >= 11 is 0. The number of carboxylic acid groups (broad SMARTS) is 1. The minimum atomic E-state index is -0.780. The number of rotatable bonds is 4. The van der Waals surface area contributed by atoms with Crippen LogP contribution in [0.4, 0.5) is 0 Å². The highest BCUT2D eigenvalue weighted by Gasteiger charge is 2.15. The first-order valence-electron chi connectivity index (χ1n) is 4.30. The summed E-state index contributed by atoms with van der Waals surface area (Å²) in [4.78, 5) is 10.3. The molecule has 1 saturated heterocycles. The summed E-state index contributed by atoms with van der Waals surface area (Å²) in [6.45, 7) is 4.80. The van der Waals surface area contributed by atoms with Gasteiger partial charge in [-0.3, -0.25) is 4.79 Å². The molecule has 0 saturated carbocycles. The molecule has 3 nitrogen and oxygen atoms in total. The molecule has 0 spiro atoms. The van der Waals surface area contributed by atoms with Crippen LogP contribution in [-0.2, 0) is 4.79 Å². The summed E-state index contributed by atoms with van der Waals surface area (Å²) in [5.41, 5.74) is 0.821. The van der Waals surface area contributed by atoms with Crippen LogP contribution in [0.2, 0.25) is 0 Å². The Morgan fingerprint density at radius 3 is 2.92 bits per heavy atom. The number of hydrogen-bond donors (Lipinski definition) is 2. The van der Waals surface area contributed by atoms with E-state index in [1.54, 1.807) is 0 Å². The van der Waals surface area contributed by atoms with Crippen LogP contribution in [0, 0.1) is 0 Å². The Bertz CT molecular complexity index is 183. The summed E-state index contributed by atoms with van der Waals surface area (Å²) < 4.78 is 0. The van der Waals surface area contributed by atoms with E-state index in [1.807, 2.05) is 0 Å². The average Bonchev–Trinajstić information content (AvgIpc) is 2.37. The number of aliphatic carboxylic acids is 1. The third kappa shape index (κ3) is 3.05. The first-order valence-corrected chi connectivity index (χ1v) is 4.30. The van der Waals surface area contributed by atoms with Crippen LogP contribution in [0.25, 0.3) is 0 Å². The van der Waals surface area contributed by atoms with Crippen molar-refractivity contribution >= 4 is 5.97 Å². The lowest BCUT2D eigenvalue weighted by molar-refractivity contribution is -0.136. The number of carboxylic acids is 1. The van der Waals surface area contributed by atoms with Gasteiger partial charge >= 0.3 is 5.97 Å². The summed E-state index contributed by atoms with van der Waals surface area (Å²) in [5, 5.41) is 11.8. The van der Waals surface area contributed by atoms with Crippen molar-refractivity contribution in [3.63, 3.8) is 0 Å². The first-order chi connectivity index (χ1) is 5.68. The molecule has 0 aliphatic carbocycles. The van der Waals surface area contributed by atoms with E-state index in [0.29, 0.717) is 6.04 Å². The largest absolute Gasteiger partial charge is 0.481 e. The van der Waals surface area contributed by atoms with Crippen LogP contribution < -0.4 is 5.32 Å². The van der Waals surface area contributed by atoms with Gasteiger partial charge in [0.15, 0.2) is 0 Å². The Morgan fingerprint density at radius 2 is 2.42 bits per heavy atom. The van der Waals surface area contributed by atoms with Gasteiger partial charge < -0.3 is 10.4 Å². The van der Waals surface area contributed by atoms with E-state index >= 15 is 0 Å². The lowest BCUT2D eigenvalue weighted by atomic mass is 10.0. The van der Waals surface area contributed by atoms with Crippen molar-refractivity contribution in [3.05, 3.63) is 12.2 Å². The molecule has 1 fully saturated rings. The maximum Gasteiger partial charge on any atom is 0.307 e. The molecule has 68 valence electrons. The molecule has 0 bridgehead atoms. The lowest BCUT2D eigenvalue weighted by Gasteiger charge is -2.10. The van der Waals surface area contributed by atoms with Crippen LogP contribution in [0.3, 0.4) is 0 Å². The van der Waals surface area contributed by atoms with Gasteiger partial charge in [0, 0.05) is 6.04 Å². The SMILES string of the molecule is C=C(CC(=O)O)CC1CCCN1. The van der Waals surface area contributed by atoms with Crippen LogP contribution in [-0.4, -0.2) is 23.7 Å². The quantitative estimate of drug-likeness (QED) is 0.621. The van der Waals surface area contributed by atoms with Gasteiger partial charge in [-0.15, -0.1) is 0 Å². The molecule has 0 aromatic rings. The predicted octanol–water partition coefficient (Wildman–Crippen LogP) is 1.16. The van der Waals surface area contributed by atoms with Crippen molar-refractivity contribution in [2.45, 2.75) is 31.7 Å². The smallest absolute Gasteiger partial charge is 0.307 e. The zero-order chi connectivity index (χ0) is 8.97. The molecule has 0 aromatic carbocycles. The Kier molecular flexibility index (Phi) is 3.29. The second kappa shape index (κ2) is 4.26. The van der Waals surface area contributed by atoms with Crippen LogP contribution in [0.1, 0.15) is 25.7 Å². The summed E-state index contributed by atoms with van der Waals surface area (Å²) in [5.74, 6) is -0.780. The van der Waals surface area contributed by atoms with Crippen LogP contribution in [0.15, 0.2) is 12.2 Å². The van der Waals surface area contributed by atoms with Gasteiger partial charge in [-0.25, -0.2) is 0 Å². The van der Waals surface area contributed by atoms with Gasteiger partial charge in [0.1, 0.15) is 0 Å². The van der Waals surface area contributed by atoms with Gasteiger partial charge in [-0.1, -0.05) is 12.2 Å². The Labute approximate surface area is 72.5 Å². The zero-order valence-corrected chi connectivity index (χ0v) is 7.18. The molecule has 12 heavy (non-hydrogen) atoms. The standard InChI is InChI=1S/C9H15NO2/c1-7(6-9(11)12)5-8-3-2-4-10-8/h8,10H,1-6H2,(H,11,12). The third-order valence-electron chi connectivity index (χ3n) is 2.10. The second-order valence-corrected chi connectivity index (χ2v) is 3.32. The van der Waals surface area contributed by atoms with Crippen molar-refractivity contribution in [1.82, 2.24) is 5.32 Å². The molecule has 3 heteroatoms. The predicted molar refractivity (Wildman–Crippen MR) is 47.0 cm³/mol. The molecule has 1 rings (SSSR count). The third-order valence-corrected chi connectivity index (χ3v) is 2.10. The van der Waals surface area contributed by atoms with Crippen LogP contribution in [0.5, 0.6) is 0 Å². The monoisotopic (exact) mass is 169 g/mol. The van der Waals surface area contributed by atoms with Crippen molar-refractivity contribution < 1.29 is 9.90 Å². The minimum absolute atomic E-state index is 0.109. The van der Waals surface area contributed by atoms with E-state index in [0.717, 1.165) is 25.0 Å². The van der Waals surface area contributed by atoms with Gasteiger partial charge in [-0.05, 0) is 25.8 Å². The summed E-state index contributed by atoms with van der Waals surface area (Å²) in [6.07, 6.45) is 3.27. The van der Waals surface area contributed by atoms with Gasteiger partial charge in [-0.2, -0.15) is 0 Å². The molecule has 2 N–H and O–H groups in total. The number of nitrogens with one attached hydrogen (secondary N) is 1.